The van der Waals surface area contributed by atoms with E-state index in [-0.39, 0.29) is 11.4 Å². The van der Waals surface area contributed by atoms with Crippen LogP contribution < -0.4 is 4.90 Å². The quantitative estimate of drug-likeness (QED) is 0.781. The second kappa shape index (κ2) is 5.29. The molecular formula is C11H14N2O4. The van der Waals surface area contributed by atoms with Gasteiger partial charge in [-0.25, -0.2) is 14.6 Å². The van der Waals surface area contributed by atoms with E-state index in [1.807, 2.05) is 0 Å². The monoisotopic (exact) mass is 238 g/mol. The van der Waals surface area contributed by atoms with Crippen LogP contribution in [0.3, 0.4) is 0 Å². The molecule has 1 unspecified atom stereocenters. The zero-order valence-electron chi connectivity index (χ0n) is 9.88. The number of carboxylic acid groups (broad SMARTS) is 1. The second-order valence-corrected chi connectivity index (χ2v) is 3.49. The third-order valence-electron chi connectivity index (χ3n) is 2.46. The van der Waals surface area contributed by atoms with Gasteiger partial charge in [0.25, 0.3) is 0 Å². The molecule has 92 valence electrons. The minimum Gasteiger partial charge on any atom is -0.480 e. The number of esters is 1. The lowest BCUT2D eigenvalue weighted by Crippen LogP contribution is -2.37. The van der Waals surface area contributed by atoms with Gasteiger partial charge in [-0.15, -0.1) is 0 Å². The van der Waals surface area contributed by atoms with Gasteiger partial charge in [-0.05, 0) is 19.1 Å². The Hall–Kier alpha value is -2.11. The fourth-order valence-electron chi connectivity index (χ4n) is 1.30. The maximum absolute atomic E-state index is 11.5. The second-order valence-electron chi connectivity index (χ2n) is 3.49. The molecule has 0 aliphatic carbocycles. The van der Waals surface area contributed by atoms with Gasteiger partial charge in [-0.1, -0.05) is 0 Å². The van der Waals surface area contributed by atoms with Crippen LogP contribution in [0.5, 0.6) is 0 Å². The van der Waals surface area contributed by atoms with Gasteiger partial charge in [-0.2, -0.15) is 0 Å². The van der Waals surface area contributed by atoms with Crippen LogP contribution in [0.15, 0.2) is 18.3 Å². The number of likely N-dealkylation sites (N-methyl/N-ethyl adjacent to an activating group) is 1. The van der Waals surface area contributed by atoms with Crippen molar-refractivity contribution in [2.45, 2.75) is 13.0 Å². The number of ether oxygens (including phenoxy) is 1. The fourth-order valence-corrected chi connectivity index (χ4v) is 1.30. The number of nitrogens with zero attached hydrogens (tertiary/aromatic N) is 2. The molecule has 0 saturated carbocycles. The molecular weight excluding hydrogens is 224 g/mol. The smallest absolute Gasteiger partial charge is 0.341 e. The molecule has 0 saturated heterocycles. The summed E-state index contributed by atoms with van der Waals surface area (Å²) in [5.74, 6) is -1.25. The third kappa shape index (κ3) is 2.72. The Kier molecular flexibility index (Phi) is 4.03. The van der Waals surface area contributed by atoms with Crippen LogP contribution >= 0.6 is 0 Å². The van der Waals surface area contributed by atoms with E-state index in [2.05, 4.69) is 9.72 Å². The largest absolute Gasteiger partial charge is 0.480 e. The van der Waals surface area contributed by atoms with Gasteiger partial charge in [0.15, 0.2) is 0 Å². The molecule has 17 heavy (non-hydrogen) atoms. The van der Waals surface area contributed by atoms with Crippen LogP contribution in [0.4, 0.5) is 5.82 Å². The molecule has 0 aromatic carbocycles. The lowest BCUT2D eigenvalue weighted by Gasteiger charge is -2.23. The van der Waals surface area contributed by atoms with E-state index in [4.69, 9.17) is 5.11 Å². The number of carbonyl (C=O) groups is 2. The fraction of sp³-hybridized carbons (Fsp3) is 0.364. The Balaban J connectivity index is 3.13. The van der Waals surface area contributed by atoms with Gasteiger partial charge < -0.3 is 14.7 Å². The van der Waals surface area contributed by atoms with Crippen LogP contribution in [-0.2, 0) is 9.53 Å². The number of carboxylic acids is 1. The molecule has 0 spiro atoms. The van der Waals surface area contributed by atoms with Gasteiger partial charge in [0.2, 0.25) is 0 Å². The van der Waals surface area contributed by atoms with Crippen LogP contribution in [0.25, 0.3) is 0 Å². The lowest BCUT2D eigenvalue weighted by molar-refractivity contribution is -0.138. The third-order valence-corrected chi connectivity index (χ3v) is 2.46. The Morgan fingerprint density at radius 3 is 2.71 bits per heavy atom. The van der Waals surface area contributed by atoms with E-state index in [9.17, 15) is 9.59 Å². The van der Waals surface area contributed by atoms with E-state index >= 15 is 0 Å². The van der Waals surface area contributed by atoms with E-state index in [0.717, 1.165) is 0 Å². The summed E-state index contributed by atoms with van der Waals surface area (Å²) in [6.07, 6.45) is 1.49. The number of aromatic nitrogens is 1. The maximum atomic E-state index is 11.5. The lowest BCUT2D eigenvalue weighted by atomic mass is 10.2. The van der Waals surface area contributed by atoms with Crippen molar-refractivity contribution in [3.8, 4) is 0 Å². The maximum Gasteiger partial charge on any atom is 0.341 e. The number of hydrogen-bond acceptors (Lipinski definition) is 5. The van der Waals surface area contributed by atoms with Crippen molar-refractivity contribution < 1.29 is 19.4 Å². The summed E-state index contributed by atoms with van der Waals surface area (Å²) < 4.78 is 4.61. The van der Waals surface area contributed by atoms with Gasteiger partial charge in [0.05, 0.1) is 7.11 Å². The first-order valence-electron chi connectivity index (χ1n) is 4.98. The standard InChI is InChI=1S/C11H14N2O4/c1-7(10(14)15)13(2)9-8(11(16)17-3)5-4-6-12-9/h4-7H,1-3H3,(H,14,15). The van der Waals surface area contributed by atoms with Crippen molar-refractivity contribution in [2.75, 3.05) is 19.1 Å². The van der Waals surface area contributed by atoms with Crippen LogP contribution in [0, 0.1) is 0 Å². The average molecular weight is 238 g/mol. The molecule has 0 fully saturated rings. The molecule has 0 bridgehead atoms. The Morgan fingerprint density at radius 1 is 1.53 bits per heavy atom. The summed E-state index contributed by atoms with van der Waals surface area (Å²) in [5.41, 5.74) is 0.241. The minimum atomic E-state index is -0.992. The van der Waals surface area contributed by atoms with Crippen LogP contribution in [0.1, 0.15) is 17.3 Å². The van der Waals surface area contributed by atoms with Gasteiger partial charge >= 0.3 is 11.9 Å². The number of aliphatic carboxylic acids is 1. The average Bonchev–Trinajstić information content (AvgIpc) is 2.35. The summed E-state index contributed by atoms with van der Waals surface area (Å²) in [6.45, 7) is 1.51. The molecule has 1 aromatic heterocycles. The summed E-state index contributed by atoms with van der Waals surface area (Å²) >= 11 is 0. The summed E-state index contributed by atoms with van der Waals surface area (Å²) in [5, 5.41) is 8.91. The minimum absolute atomic E-state index is 0.241. The van der Waals surface area contributed by atoms with Crippen molar-refractivity contribution in [1.29, 1.82) is 0 Å². The zero-order chi connectivity index (χ0) is 13.0. The topological polar surface area (TPSA) is 79.7 Å². The Labute approximate surface area is 98.8 Å². The van der Waals surface area contributed by atoms with Crippen molar-refractivity contribution in [3.63, 3.8) is 0 Å². The highest BCUT2D eigenvalue weighted by molar-refractivity contribution is 5.95. The predicted molar refractivity (Wildman–Crippen MR) is 61.1 cm³/mol. The van der Waals surface area contributed by atoms with Crippen molar-refractivity contribution in [3.05, 3.63) is 23.9 Å². The number of pyridine rings is 1. The Bertz CT molecular complexity index is 433. The highest BCUT2D eigenvalue weighted by Crippen LogP contribution is 2.18. The van der Waals surface area contributed by atoms with Gasteiger partial charge in [-0.3, -0.25) is 0 Å². The first kappa shape index (κ1) is 13.0. The number of methoxy groups -OCH3 is 1. The highest BCUT2D eigenvalue weighted by Gasteiger charge is 2.23. The van der Waals surface area contributed by atoms with Crippen LogP contribution in [0.2, 0.25) is 0 Å². The summed E-state index contributed by atoms with van der Waals surface area (Å²) in [6, 6.07) is 2.35. The number of carbonyl (C=O) groups excluding carboxylic acids is 1. The van der Waals surface area contributed by atoms with E-state index in [0.29, 0.717) is 0 Å². The van der Waals surface area contributed by atoms with E-state index in [1.165, 1.54) is 25.1 Å². The first-order chi connectivity index (χ1) is 7.99. The Morgan fingerprint density at radius 2 is 2.18 bits per heavy atom. The van der Waals surface area contributed by atoms with Gasteiger partial charge in [0, 0.05) is 13.2 Å². The molecule has 0 amide bonds. The van der Waals surface area contributed by atoms with Crippen LogP contribution in [-0.4, -0.2) is 42.2 Å². The summed E-state index contributed by atoms with van der Waals surface area (Å²) in [4.78, 5) is 27.8. The number of anilines is 1. The first-order valence-corrected chi connectivity index (χ1v) is 4.98. The number of hydrogen-bond donors (Lipinski definition) is 1. The van der Waals surface area contributed by atoms with Crippen molar-refractivity contribution >= 4 is 17.8 Å². The van der Waals surface area contributed by atoms with Crippen molar-refractivity contribution in [1.82, 2.24) is 4.98 Å². The predicted octanol–water partition coefficient (Wildman–Crippen LogP) is 0.778. The summed E-state index contributed by atoms with van der Waals surface area (Å²) in [7, 11) is 2.83. The molecule has 6 heteroatoms. The molecule has 6 nitrogen and oxygen atoms in total. The molecule has 1 N–H and O–H groups in total. The molecule has 0 aliphatic heterocycles. The molecule has 0 aliphatic rings. The van der Waals surface area contributed by atoms with Gasteiger partial charge in [0.1, 0.15) is 17.4 Å². The van der Waals surface area contributed by atoms with E-state index in [1.54, 1.807) is 19.2 Å². The molecule has 0 radical (unpaired) electrons. The molecule has 1 heterocycles. The van der Waals surface area contributed by atoms with E-state index < -0.39 is 18.0 Å². The molecule has 1 aromatic rings. The number of rotatable bonds is 4. The normalized spacial score (nSPS) is 11.7. The van der Waals surface area contributed by atoms with Crippen molar-refractivity contribution in [2.24, 2.45) is 0 Å². The highest BCUT2D eigenvalue weighted by atomic mass is 16.5. The molecule has 1 rings (SSSR count). The molecule has 1 atom stereocenters. The zero-order valence-corrected chi connectivity index (χ0v) is 9.88. The SMILES string of the molecule is COC(=O)c1cccnc1N(C)C(C)C(=O)O.